The highest BCUT2D eigenvalue weighted by Crippen LogP contribution is 2.21. The normalized spacial score (nSPS) is 9.96. The molecule has 2 rings (SSSR count). The molecule has 0 N–H and O–H groups in total. The van der Waals surface area contributed by atoms with Gasteiger partial charge >= 0.3 is 5.97 Å². The number of carbonyl (C=O) groups excluding carboxylic acids is 2. The molecule has 0 amide bonds. The minimum Gasteiger partial charge on any atom is -0.489 e. The van der Waals surface area contributed by atoms with Crippen LogP contribution in [0.25, 0.3) is 0 Å². The largest absolute Gasteiger partial charge is 0.489 e. The van der Waals surface area contributed by atoms with E-state index in [2.05, 4.69) is 6.58 Å². The second kappa shape index (κ2) is 7.94. The molecule has 0 aromatic heterocycles. The van der Waals surface area contributed by atoms with E-state index in [0.29, 0.717) is 22.4 Å². The standard InChI is InChI=1S/C19H18O4/c1-14(2)19(21)23-13-12-22-17-11-7-6-10-16(17)18(20)15-8-4-3-5-9-15/h3-11H,1,12-13H2,2H3. The molecule has 0 saturated heterocycles. The Morgan fingerprint density at radius 3 is 2.30 bits per heavy atom. The third-order valence-electron chi connectivity index (χ3n) is 3.09. The van der Waals surface area contributed by atoms with E-state index < -0.39 is 5.97 Å². The maximum Gasteiger partial charge on any atom is 0.333 e. The minimum atomic E-state index is -0.456. The fourth-order valence-electron chi connectivity index (χ4n) is 1.93. The Bertz CT molecular complexity index is 704. The van der Waals surface area contributed by atoms with Gasteiger partial charge in [0.1, 0.15) is 19.0 Å². The van der Waals surface area contributed by atoms with Crippen molar-refractivity contribution in [2.45, 2.75) is 6.92 Å². The summed E-state index contributed by atoms with van der Waals surface area (Å²) in [6.45, 7) is 5.34. The average Bonchev–Trinajstić information content (AvgIpc) is 2.59. The molecule has 0 bridgehead atoms. The van der Waals surface area contributed by atoms with Crippen LogP contribution in [0, 0.1) is 0 Å². The SMILES string of the molecule is C=C(C)C(=O)OCCOc1ccccc1C(=O)c1ccccc1. The van der Waals surface area contributed by atoms with E-state index in [4.69, 9.17) is 9.47 Å². The monoisotopic (exact) mass is 310 g/mol. The predicted molar refractivity (Wildman–Crippen MR) is 87.6 cm³/mol. The highest BCUT2D eigenvalue weighted by atomic mass is 16.6. The molecule has 0 aliphatic carbocycles. The summed E-state index contributed by atoms with van der Waals surface area (Å²) in [6, 6.07) is 16.0. The van der Waals surface area contributed by atoms with Gasteiger partial charge in [-0.1, -0.05) is 49.0 Å². The van der Waals surface area contributed by atoms with Crippen molar-refractivity contribution < 1.29 is 19.1 Å². The number of para-hydroxylation sites is 1. The molecule has 2 aromatic rings. The number of hydrogen-bond donors (Lipinski definition) is 0. The highest BCUT2D eigenvalue weighted by Gasteiger charge is 2.14. The number of esters is 1. The lowest BCUT2D eigenvalue weighted by Gasteiger charge is -2.11. The maximum atomic E-state index is 12.5. The van der Waals surface area contributed by atoms with Gasteiger partial charge in [0.25, 0.3) is 0 Å². The van der Waals surface area contributed by atoms with E-state index in [1.165, 1.54) is 0 Å². The van der Waals surface area contributed by atoms with Gasteiger partial charge in [0, 0.05) is 11.1 Å². The summed E-state index contributed by atoms with van der Waals surface area (Å²) in [5, 5.41) is 0. The summed E-state index contributed by atoms with van der Waals surface area (Å²) < 4.78 is 10.5. The van der Waals surface area contributed by atoms with Crippen molar-refractivity contribution in [1.82, 2.24) is 0 Å². The summed E-state index contributed by atoms with van der Waals surface area (Å²) in [4.78, 5) is 23.8. The Morgan fingerprint density at radius 2 is 1.61 bits per heavy atom. The van der Waals surface area contributed by atoms with Gasteiger partial charge < -0.3 is 9.47 Å². The Morgan fingerprint density at radius 1 is 0.957 bits per heavy atom. The lowest BCUT2D eigenvalue weighted by Crippen LogP contribution is -2.13. The van der Waals surface area contributed by atoms with E-state index in [-0.39, 0.29) is 19.0 Å². The summed E-state index contributed by atoms with van der Waals surface area (Å²) in [5.41, 5.74) is 1.41. The zero-order valence-electron chi connectivity index (χ0n) is 13.0. The zero-order chi connectivity index (χ0) is 16.7. The third kappa shape index (κ3) is 4.54. The van der Waals surface area contributed by atoms with Crippen molar-refractivity contribution in [3.8, 4) is 5.75 Å². The molecule has 4 nitrogen and oxygen atoms in total. The number of hydrogen-bond acceptors (Lipinski definition) is 4. The molecule has 0 spiro atoms. The Kier molecular flexibility index (Phi) is 5.69. The molecule has 0 heterocycles. The van der Waals surface area contributed by atoms with E-state index >= 15 is 0 Å². The molecule has 0 atom stereocenters. The Labute approximate surface area is 135 Å². The lowest BCUT2D eigenvalue weighted by molar-refractivity contribution is -0.139. The minimum absolute atomic E-state index is 0.0968. The smallest absolute Gasteiger partial charge is 0.333 e. The van der Waals surface area contributed by atoms with Crippen molar-refractivity contribution in [2.75, 3.05) is 13.2 Å². The van der Waals surface area contributed by atoms with Crippen LogP contribution in [0.3, 0.4) is 0 Å². The second-order valence-corrected chi connectivity index (χ2v) is 4.96. The van der Waals surface area contributed by atoms with E-state index in [1.54, 1.807) is 43.3 Å². The average molecular weight is 310 g/mol. The molecule has 0 saturated carbocycles. The van der Waals surface area contributed by atoms with Gasteiger partial charge in [-0.3, -0.25) is 4.79 Å². The Balaban J connectivity index is 2.02. The van der Waals surface area contributed by atoms with Gasteiger partial charge in [-0.05, 0) is 19.1 Å². The van der Waals surface area contributed by atoms with E-state index in [0.717, 1.165) is 0 Å². The topological polar surface area (TPSA) is 52.6 Å². The quantitative estimate of drug-likeness (QED) is 0.340. The van der Waals surface area contributed by atoms with E-state index in [9.17, 15) is 9.59 Å². The summed E-state index contributed by atoms with van der Waals surface area (Å²) in [6.07, 6.45) is 0. The first-order chi connectivity index (χ1) is 11.1. The van der Waals surface area contributed by atoms with Gasteiger partial charge in [-0.25, -0.2) is 4.79 Å². The number of carbonyl (C=O) groups is 2. The summed E-state index contributed by atoms with van der Waals surface area (Å²) in [7, 11) is 0. The zero-order valence-corrected chi connectivity index (χ0v) is 13.0. The maximum absolute atomic E-state index is 12.5. The van der Waals surface area contributed by atoms with Crippen LogP contribution in [0.2, 0.25) is 0 Å². The van der Waals surface area contributed by atoms with Gasteiger partial charge in [-0.2, -0.15) is 0 Å². The number of ether oxygens (including phenoxy) is 2. The highest BCUT2D eigenvalue weighted by molar-refractivity contribution is 6.10. The van der Waals surface area contributed by atoms with Crippen molar-refractivity contribution >= 4 is 11.8 Å². The van der Waals surface area contributed by atoms with Crippen LogP contribution >= 0.6 is 0 Å². The molecular weight excluding hydrogens is 292 g/mol. The molecule has 0 aliphatic heterocycles. The molecule has 4 heteroatoms. The lowest BCUT2D eigenvalue weighted by atomic mass is 10.0. The van der Waals surface area contributed by atoms with Gasteiger partial charge in [-0.15, -0.1) is 0 Å². The van der Waals surface area contributed by atoms with Gasteiger partial charge in [0.15, 0.2) is 5.78 Å². The number of rotatable bonds is 7. The van der Waals surface area contributed by atoms with Crippen LogP contribution in [0.1, 0.15) is 22.8 Å². The van der Waals surface area contributed by atoms with Crippen molar-refractivity contribution in [1.29, 1.82) is 0 Å². The van der Waals surface area contributed by atoms with Crippen LogP contribution in [0.15, 0.2) is 66.7 Å². The fraction of sp³-hybridized carbons (Fsp3) is 0.158. The summed E-state index contributed by atoms with van der Waals surface area (Å²) in [5.74, 6) is -0.102. The van der Waals surface area contributed by atoms with Crippen LogP contribution in [0.5, 0.6) is 5.75 Å². The van der Waals surface area contributed by atoms with E-state index in [1.807, 2.05) is 18.2 Å². The van der Waals surface area contributed by atoms with Crippen LogP contribution in [-0.4, -0.2) is 25.0 Å². The van der Waals surface area contributed by atoms with Gasteiger partial charge in [0.05, 0.1) is 5.56 Å². The molecule has 0 radical (unpaired) electrons. The van der Waals surface area contributed by atoms with Crippen molar-refractivity contribution in [3.63, 3.8) is 0 Å². The van der Waals surface area contributed by atoms with Gasteiger partial charge in [0.2, 0.25) is 0 Å². The molecule has 0 unspecified atom stereocenters. The Hall–Kier alpha value is -2.88. The van der Waals surface area contributed by atoms with Crippen molar-refractivity contribution in [3.05, 3.63) is 77.9 Å². The molecule has 118 valence electrons. The summed E-state index contributed by atoms with van der Waals surface area (Å²) >= 11 is 0. The van der Waals surface area contributed by atoms with Crippen LogP contribution in [0.4, 0.5) is 0 Å². The molecule has 23 heavy (non-hydrogen) atoms. The molecule has 0 aliphatic rings. The first-order valence-electron chi connectivity index (χ1n) is 7.24. The predicted octanol–water partition coefficient (Wildman–Crippen LogP) is 3.42. The first-order valence-corrected chi connectivity index (χ1v) is 7.24. The van der Waals surface area contributed by atoms with Crippen LogP contribution < -0.4 is 4.74 Å². The number of ketones is 1. The third-order valence-corrected chi connectivity index (χ3v) is 3.09. The van der Waals surface area contributed by atoms with Crippen LogP contribution in [-0.2, 0) is 9.53 Å². The fourth-order valence-corrected chi connectivity index (χ4v) is 1.93. The van der Waals surface area contributed by atoms with Crippen molar-refractivity contribution in [2.24, 2.45) is 0 Å². The molecular formula is C19H18O4. The molecule has 0 fully saturated rings. The number of benzene rings is 2. The molecule has 2 aromatic carbocycles. The second-order valence-electron chi connectivity index (χ2n) is 4.96. The first kappa shape index (κ1) is 16.5.